The van der Waals surface area contributed by atoms with Gasteiger partial charge in [-0.05, 0) is 12.1 Å². The Bertz CT molecular complexity index is 789. The molecule has 2 saturated heterocycles. The number of hydrogen-bond acceptors (Lipinski definition) is 8. The van der Waals surface area contributed by atoms with Crippen molar-refractivity contribution < 1.29 is 14.6 Å². The molecule has 2 aliphatic rings. The molecule has 2 aromatic rings. The smallest absolute Gasteiger partial charge is 0.354 e. The molecular formula is C18H22N6O3. The first-order valence-corrected chi connectivity index (χ1v) is 9.07. The number of carboxylic acid groups (broad SMARTS) is 1. The van der Waals surface area contributed by atoms with E-state index in [1.54, 1.807) is 12.3 Å². The van der Waals surface area contributed by atoms with Crippen molar-refractivity contribution in [2.24, 2.45) is 0 Å². The molecule has 4 heterocycles. The topological polar surface area (TPSA) is 94.9 Å². The number of carboxylic acids is 1. The van der Waals surface area contributed by atoms with Crippen LogP contribution in [0, 0.1) is 0 Å². The van der Waals surface area contributed by atoms with Crippen molar-refractivity contribution >= 4 is 23.6 Å². The second-order valence-electron chi connectivity index (χ2n) is 6.48. The van der Waals surface area contributed by atoms with Gasteiger partial charge in [0.1, 0.15) is 11.6 Å². The number of anilines is 3. The molecule has 0 aliphatic carbocycles. The van der Waals surface area contributed by atoms with Crippen LogP contribution in [0.2, 0.25) is 0 Å². The number of pyridine rings is 1. The molecule has 9 heteroatoms. The highest BCUT2D eigenvalue weighted by Crippen LogP contribution is 2.21. The molecule has 0 radical (unpaired) electrons. The molecule has 2 aromatic heterocycles. The number of aromatic nitrogens is 3. The van der Waals surface area contributed by atoms with Crippen LogP contribution >= 0.6 is 0 Å². The SMILES string of the molecule is O=C(O)c1cc(N2CCN(c3ccccn3)CC2)nc(N2CCOCC2)n1. The highest BCUT2D eigenvalue weighted by molar-refractivity contribution is 5.86. The summed E-state index contributed by atoms with van der Waals surface area (Å²) >= 11 is 0. The van der Waals surface area contributed by atoms with Crippen LogP contribution in [0.3, 0.4) is 0 Å². The first-order valence-electron chi connectivity index (χ1n) is 9.07. The number of carbonyl (C=O) groups is 1. The first kappa shape index (κ1) is 17.5. The number of aromatic carboxylic acids is 1. The molecule has 2 fully saturated rings. The van der Waals surface area contributed by atoms with E-state index in [1.807, 2.05) is 23.1 Å². The van der Waals surface area contributed by atoms with E-state index in [-0.39, 0.29) is 5.69 Å². The van der Waals surface area contributed by atoms with Crippen LogP contribution in [0.4, 0.5) is 17.6 Å². The fraction of sp³-hybridized carbons (Fsp3) is 0.444. The highest BCUT2D eigenvalue weighted by Gasteiger charge is 2.23. The molecule has 0 bridgehead atoms. The van der Waals surface area contributed by atoms with Crippen molar-refractivity contribution in [3.8, 4) is 0 Å². The third kappa shape index (κ3) is 3.92. The molecule has 0 spiro atoms. The zero-order valence-electron chi connectivity index (χ0n) is 15.0. The summed E-state index contributed by atoms with van der Waals surface area (Å²) in [5.41, 5.74) is 0.0219. The summed E-state index contributed by atoms with van der Waals surface area (Å²) in [6.07, 6.45) is 1.79. The maximum atomic E-state index is 11.5. The average molecular weight is 370 g/mol. The van der Waals surface area contributed by atoms with Crippen LogP contribution < -0.4 is 14.7 Å². The third-order valence-electron chi connectivity index (χ3n) is 4.79. The lowest BCUT2D eigenvalue weighted by molar-refractivity contribution is 0.0690. The number of piperazine rings is 1. The van der Waals surface area contributed by atoms with Gasteiger partial charge >= 0.3 is 5.97 Å². The molecule has 0 saturated carbocycles. The Kier molecular flexibility index (Phi) is 5.01. The van der Waals surface area contributed by atoms with E-state index in [0.717, 1.165) is 32.0 Å². The summed E-state index contributed by atoms with van der Waals surface area (Å²) in [5.74, 6) is 1.03. The van der Waals surface area contributed by atoms with E-state index in [2.05, 4.69) is 24.8 Å². The second-order valence-corrected chi connectivity index (χ2v) is 6.48. The lowest BCUT2D eigenvalue weighted by Crippen LogP contribution is -2.47. The van der Waals surface area contributed by atoms with Crippen LogP contribution in [0.25, 0.3) is 0 Å². The number of rotatable bonds is 4. The van der Waals surface area contributed by atoms with Crippen molar-refractivity contribution in [2.45, 2.75) is 0 Å². The normalized spacial score (nSPS) is 17.9. The van der Waals surface area contributed by atoms with Crippen LogP contribution in [0.1, 0.15) is 10.5 Å². The standard InChI is InChI=1S/C18H22N6O3/c25-17(26)14-13-16(21-18(20-14)24-9-11-27-12-10-24)23-7-5-22(6-8-23)15-3-1-2-4-19-15/h1-4,13H,5-12H2,(H,25,26). The summed E-state index contributed by atoms with van der Waals surface area (Å²) in [6, 6.07) is 7.44. The Labute approximate surface area is 157 Å². The van der Waals surface area contributed by atoms with Crippen LogP contribution in [0.15, 0.2) is 30.5 Å². The van der Waals surface area contributed by atoms with Gasteiger partial charge in [0.25, 0.3) is 0 Å². The van der Waals surface area contributed by atoms with Crippen molar-refractivity contribution in [3.05, 3.63) is 36.2 Å². The largest absolute Gasteiger partial charge is 0.477 e. The fourth-order valence-electron chi connectivity index (χ4n) is 3.30. The Morgan fingerprint density at radius 2 is 1.63 bits per heavy atom. The number of ether oxygens (including phenoxy) is 1. The maximum Gasteiger partial charge on any atom is 0.354 e. The Balaban J connectivity index is 1.52. The zero-order chi connectivity index (χ0) is 18.6. The van der Waals surface area contributed by atoms with Gasteiger partial charge in [0.15, 0.2) is 5.69 Å². The summed E-state index contributed by atoms with van der Waals surface area (Å²) in [7, 11) is 0. The molecule has 0 aromatic carbocycles. The zero-order valence-corrected chi connectivity index (χ0v) is 15.0. The molecule has 2 aliphatic heterocycles. The van der Waals surface area contributed by atoms with Gasteiger partial charge in [0, 0.05) is 51.5 Å². The molecule has 0 unspecified atom stereocenters. The predicted octanol–water partition coefficient (Wildman–Crippen LogP) is 0.733. The lowest BCUT2D eigenvalue weighted by atomic mass is 10.3. The second kappa shape index (κ2) is 7.75. The third-order valence-corrected chi connectivity index (χ3v) is 4.79. The van der Waals surface area contributed by atoms with Crippen molar-refractivity contribution in [1.29, 1.82) is 0 Å². The lowest BCUT2D eigenvalue weighted by Gasteiger charge is -2.36. The van der Waals surface area contributed by atoms with Crippen molar-refractivity contribution in [1.82, 2.24) is 15.0 Å². The van der Waals surface area contributed by atoms with E-state index in [1.165, 1.54) is 0 Å². The summed E-state index contributed by atoms with van der Waals surface area (Å²) in [4.78, 5) is 31.1. The Morgan fingerprint density at radius 3 is 2.26 bits per heavy atom. The molecule has 0 atom stereocenters. The van der Waals surface area contributed by atoms with Gasteiger partial charge in [-0.25, -0.2) is 14.8 Å². The Morgan fingerprint density at radius 1 is 0.926 bits per heavy atom. The molecule has 142 valence electrons. The van der Waals surface area contributed by atoms with Gasteiger partial charge in [-0.3, -0.25) is 0 Å². The molecule has 4 rings (SSSR count). The van der Waals surface area contributed by atoms with E-state index in [4.69, 9.17) is 4.74 Å². The Hall–Kier alpha value is -2.94. The van der Waals surface area contributed by atoms with E-state index >= 15 is 0 Å². The van der Waals surface area contributed by atoms with Crippen molar-refractivity contribution in [3.63, 3.8) is 0 Å². The minimum Gasteiger partial charge on any atom is -0.477 e. The molecule has 9 nitrogen and oxygen atoms in total. The highest BCUT2D eigenvalue weighted by atomic mass is 16.5. The average Bonchev–Trinajstić information content (AvgIpc) is 2.75. The van der Waals surface area contributed by atoms with Gasteiger partial charge < -0.3 is 24.5 Å². The minimum atomic E-state index is -1.04. The maximum absolute atomic E-state index is 11.5. The van der Waals surface area contributed by atoms with Gasteiger partial charge in [0.05, 0.1) is 13.2 Å². The molecule has 0 amide bonds. The predicted molar refractivity (Wildman–Crippen MR) is 101 cm³/mol. The van der Waals surface area contributed by atoms with E-state index in [0.29, 0.717) is 38.1 Å². The quantitative estimate of drug-likeness (QED) is 0.836. The van der Waals surface area contributed by atoms with Gasteiger partial charge in [-0.2, -0.15) is 4.98 Å². The molecule has 1 N–H and O–H groups in total. The van der Waals surface area contributed by atoms with Crippen LogP contribution in [-0.2, 0) is 4.74 Å². The van der Waals surface area contributed by atoms with Crippen LogP contribution in [0.5, 0.6) is 0 Å². The first-order chi connectivity index (χ1) is 13.2. The van der Waals surface area contributed by atoms with Gasteiger partial charge in [-0.1, -0.05) is 6.07 Å². The number of hydrogen-bond donors (Lipinski definition) is 1. The number of morpholine rings is 1. The van der Waals surface area contributed by atoms with Crippen LogP contribution in [-0.4, -0.2) is 78.5 Å². The molecule has 27 heavy (non-hydrogen) atoms. The summed E-state index contributed by atoms with van der Waals surface area (Å²) in [5, 5.41) is 9.45. The number of nitrogens with zero attached hydrogens (tertiary/aromatic N) is 6. The molecular weight excluding hydrogens is 348 g/mol. The summed E-state index contributed by atoms with van der Waals surface area (Å²) < 4.78 is 5.36. The van der Waals surface area contributed by atoms with Gasteiger partial charge in [-0.15, -0.1) is 0 Å². The monoisotopic (exact) mass is 370 g/mol. The minimum absolute atomic E-state index is 0.0219. The van der Waals surface area contributed by atoms with Gasteiger partial charge in [0.2, 0.25) is 5.95 Å². The van der Waals surface area contributed by atoms with E-state index < -0.39 is 5.97 Å². The van der Waals surface area contributed by atoms with E-state index in [9.17, 15) is 9.90 Å². The summed E-state index contributed by atoms with van der Waals surface area (Å²) in [6.45, 7) is 5.61. The van der Waals surface area contributed by atoms with Crippen molar-refractivity contribution in [2.75, 3.05) is 67.2 Å². The fourth-order valence-corrected chi connectivity index (χ4v) is 3.30.